The zero-order valence-electron chi connectivity index (χ0n) is 17.4. The molecular formula is C21H35N5O2. The normalized spacial score (nSPS) is 24.0. The van der Waals surface area contributed by atoms with Crippen LogP contribution in [0.1, 0.15) is 56.9 Å². The third-order valence-electron chi connectivity index (χ3n) is 6.15. The first kappa shape index (κ1) is 21.0. The van der Waals surface area contributed by atoms with Gasteiger partial charge in [-0.05, 0) is 32.2 Å². The highest BCUT2D eigenvalue weighted by Gasteiger charge is 2.42. The lowest BCUT2D eigenvalue weighted by molar-refractivity contribution is -0.159. The first-order chi connectivity index (χ1) is 13.5. The van der Waals surface area contributed by atoms with E-state index < -0.39 is 5.60 Å². The molecule has 1 aromatic rings. The number of aliphatic hydroxyl groups is 1. The van der Waals surface area contributed by atoms with E-state index in [0.717, 1.165) is 37.4 Å². The molecule has 7 heteroatoms. The summed E-state index contributed by atoms with van der Waals surface area (Å²) in [6.07, 6.45) is 12.6. The summed E-state index contributed by atoms with van der Waals surface area (Å²) in [6, 6.07) is 0. The minimum atomic E-state index is -1.29. The molecular weight excluding hydrogens is 354 g/mol. The minimum Gasteiger partial charge on any atom is -0.379 e. The molecule has 0 unspecified atom stereocenters. The Morgan fingerprint density at radius 2 is 1.96 bits per heavy atom. The Morgan fingerprint density at radius 3 is 2.64 bits per heavy atom. The molecule has 1 saturated heterocycles. The molecule has 0 radical (unpaired) electrons. The van der Waals surface area contributed by atoms with Gasteiger partial charge in [-0.25, -0.2) is 9.97 Å². The van der Waals surface area contributed by atoms with Crippen LogP contribution in [0, 0.1) is 5.92 Å². The van der Waals surface area contributed by atoms with Crippen molar-refractivity contribution in [2.45, 2.75) is 63.5 Å². The maximum Gasteiger partial charge on any atom is 0.255 e. The van der Waals surface area contributed by atoms with E-state index in [1.54, 1.807) is 19.4 Å². The molecule has 0 bridgehead atoms. The molecule has 0 spiro atoms. The lowest BCUT2D eigenvalue weighted by Gasteiger charge is -2.40. The molecule has 1 aliphatic carbocycles. The molecule has 2 N–H and O–H groups in total. The van der Waals surface area contributed by atoms with Crippen LogP contribution in [-0.2, 0) is 11.3 Å². The number of piperidine rings is 1. The second-order valence-electron chi connectivity index (χ2n) is 8.56. The van der Waals surface area contributed by atoms with Crippen LogP contribution >= 0.6 is 0 Å². The van der Waals surface area contributed by atoms with Crippen LogP contribution in [0.4, 0.5) is 5.95 Å². The van der Waals surface area contributed by atoms with Crippen molar-refractivity contribution < 1.29 is 9.90 Å². The molecule has 7 nitrogen and oxygen atoms in total. The molecule has 2 aliphatic rings. The van der Waals surface area contributed by atoms with Gasteiger partial charge in [-0.15, -0.1) is 0 Å². The second-order valence-corrected chi connectivity index (χ2v) is 8.56. The van der Waals surface area contributed by atoms with E-state index in [0.29, 0.717) is 25.5 Å². The standard InChI is InChI=1S/C21H35N5O2/c1-22-20-23-13-18(14-24-20)15-25(2)16-21(28)10-6-11-26(19(21)27)12-9-17-7-4-3-5-8-17/h13-14,17,28H,3-12,15-16H2,1-2H3,(H,22,23,24)/t21-/m0/s1. The number of likely N-dealkylation sites (tertiary alicyclic amines) is 1. The van der Waals surface area contributed by atoms with Gasteiger partial charge < -0.3 is 15.3 Å². The Balaban J connectivity index is 1.52. The van der Waals surface area contributed by atoms with Crippen molar-refractivity contribution >= 4 is 11.9 Å². The average Bonchev–Trinajstić information content (AvgIpc) is 2.70. The van der Waals surface area contributed by atoms with Crippen molar-refractivity contribution in [3.8, 4) is 0 Å². The predicted octanol–water partition coefficient (Wildman–Crippen LogP) is 2.27. The van der Waals surface area contributed by atoms with Gasteiger partial charge in [-0.3, -0.25) is 9.69 Å². The van der Waals surface area contributed by atoms with Crippen LogP contribution in [0.25, 0.3) is 0 Å². The summed E-state index contributed by atoms with van der Waals surface area (Å²) in [5.41, 5.74) is -0.326. The van der Waals surface area contributed by atoms with Crippen LogP contribution in [0.3, 0.4) is 0 Å². The van der Waals surface area contributed by atoms with Gasteiger partial charge in [0.25, 0.3) is 5.91 Å². The lowest BCUT2D eigenvalue weighted by atomic mass is 9.86. The topological polar surface area (TPSA) is 81.6 Å². The fourth-order valence-electron chi connectivity index (χ4n) is 4.62. The first-order valence-electron chi connectivity index (χ1n) is 10.7. The van der Waals surface area contributed by atoms with Crippen LogP contribution in [0.5, 0.6) is 0 Å². The number of aromatic nitrogens is 2. The van der Waals surface area contributed by atoms with E-state index in [1.807, 2.05) is 16.8 Å². The Kier molecular flexibility index (Phi) is 7.24. The zero-order chi connectivity index (χ0) is 20.0. The van der Waals surface area contributed by atoms with Crippen LogP contribution < -0.4 is 5.32 Å². The molecule has 0 aromatic carbocycles. The molecule has 28 heavy (non-hydrogen) atoms. The van der Waals surface area contributed by atoms with Crippen molar-refractivity contribution in [1.82, 2.24) is 19.8 Å². The lowest BCUT2D eigenvalue weighted by Crippen LogP contribution is -2.58. The van der Waals surface area contributed by atoms with Gasteiger partial charge in [-0.1, -0.05) is 32.1 Å². The summed E-state index contributed by atoms with van der Waals surface area (Å²) in [7, 11) is 3.71. The minimum absolute atomic E-state index is 0.0943. The molecule has 2 fully saturated rings. The van der Waals surface area contributed by atoms with Crippen molar-refractivity contribution in [3.63, 3.8) is 0 Å². The quantitative estimate of drug-likeness (QED) is 0.710. The number of nitrogens with one attached hydrogen (secondary N) is 1. The van der Waals surface area contributed by atoms with E-state index in [1.165, 1.54) is 32.1 Å². The molecule has 1 amide bonds. The van der Waals surface area contributed by atoms with E-state index in [2.05, 4.69) is 15.3 Å². The highest BCUT2D eigenvalue weighted by Crippen LogP contribution is 2.29. The number of nitrogens with zero attached hydrogens (tertiary/aromatic N) is 4. The van der Waals surface area contributed by atoms with Gasteiger partial charge in [0.05, 0.1) is 0 Å². The van der Waals surface area contributed by atoms with E-state index >= 15 is 0 Å². The number of amides is 1. The predicted molar refractivity (Wildman–Crippen MR) is 110 cm³/mol. The maximum atomic E-state index is 13.0. The number of anilines is 1. The molecule has 2 heterocycles. The van der Waals surface area contributed by atoms with Crippen LogP contribution in [0.2, 0.25) is 0 Å². The van der Waals surface area contributed by atoms with E-state index in [9.17, 15) is 9.90 Å². The number of likely N-dealkylation sites (N-methyl/N-ethyl adjacent to an activating group) is 1. The summed E-state index contributed by atoms with van der Waals surface area (Å²) in [4.78, 5) is 25.3. The van der Waals surface area contributed by atoms with Crippen LogP contribution in [0.15, 0.2) is 12.4 Å². The first-order valence-corrected chi connectivity index (χ1v) is 10.7. The van der Waals surface area contributed by atoms with Crippen molar-refractivity contribution in [3.05, 3.63) is 18.0 Å². The number of carbonyl (C=O) groups excluding carboxylic acids is 1. The Bertz CT molecular complexity index is 632. The van der Waals surface area contributed by atoms with E-state index in [4.69, 9.17) is 0 Å². The average molecular weight is 390 g/mol. The summed E-state index contributed by atoms with van der Waals surface area (Å²) >= 11 is 0. The molecule has 1 saturated carbocycles. The number of hydrogen-bond acceptors (Lipinski definition) is 6. The fourth-order valence-corrected chi connectivity index (χ4v) is 4.62. The SMILES string of the molecule is CNc1ncc(CN(C)C[C@@]2(O)CCCN(CCC3CCCCC3)C2=O)cn1. The van der Waals surface area contributed by atoms with Gasteiger partial charge in [0.15, 0.2) is 5.60 Å². The van der Waals surface area contributed by atoms with Crippen molar-refractivity contribution in [2.75, 3.05) is 39.0 Å². The third-order valence-corrected chi connectivity index (χ3v) is 6.15. The molecule has 1 aromatic heterocycles. The highest BCUT2D eigenvalue weighted by molar-refractivity contribution is 5.86. The molecule has 3 rings (SSSR count). The van der Waals surface area contributed by atoms with Gasteiger partial charge in [-0.2, -0.15) is 0 Å². The molecule has 1 atom stereocenters. The van der Waals surface area contributed by atoms with E-state index in [-0.39, 0.29) is 5.91 Å². The summed E-state index contributed by atoms with van der Waals surface area (Å²) in [5, 5.41) is 14.0. The third kappa shape index (κ3) is 5.41. The van der Waals surface area contributed by atoms with Crippen LogP contribution in [-0.4, -0.2) is 70.1 Å². The van der Waals surface area contributed by atoms with Gasteiger partial charge >= 0.3 is 0 Å². The zero-order valence-corrected chi connectivity index (χ0v) is 17.4. The number of carbonyl (C=O) groups is 1. The largest absolute Gasteiger partial charge is 0.379 e. The monoisotopic (exact) mass is 389 g/mol. The van der Waals surface area contributed by atoms with Gasteiger partial charge in [0.2, 0.25) is 5.95 Å². The van der Waals surface area contributed by atoms with Gasteiger partial charge in [0.1, 0.15) is 0 Å². The van der Waals surface area contributed by atoms with Crippen molar-refractivity contribution in [1.29, 1.82) is 0 Å². The summed E-state index contributed by atoms with van der Waals surface area (Å²) < 4.78 is 0. The summed E-state index contributed by atoms with van der Waals surface area (Å²) in [5.74, 6) is 1.24. The maximum absolute atomic E-state index is 13.0. The van der Waals surface area contributed by atoms with Crippen molar-refractivity contribution in [2.24, 2.45) is 5.92 Å². The molecule has 156 valence electrons. The Labute approximate surface area is 168 Å². The second kappa shape index (κ2) is 9.65. The number of rotatable bonds is 8. The molecule has 1 aliphatic heterocycles. The summed E-state index contributed by atoms with van der Waals surface area (Å²) in [6.45, 7) is 2.49. The van der Waals surface area contributed by atoms with Gasteiger partial charge in [0, 0.05) is 51.2 Å². The Hall–Kier alpha value is -1.73. The Morgan fingerprint density at radius 1 is 1.25 bits per heavy atom. The number of hydrogen-bond donors (Lipinski definition) is 2. The smallest absolute Gasteiger partial charge is 0.255 e. The highest BCUT2D eigenvalue weighted by atomic mass is 16.3. The fraction of sp³-hybridized carbons (Fsp3) is 0.762.